The van der Waals surface area contributed by atoms with Crippen LogP contribution in [0.3, 0.4) is 0 Å². The summed E-state index contributed by atoms with van der Waals surface area (Å²) in [5, 5.41) is 0.884. The Kier molecular flexibility index (Phi) is 3.75. The molecule has 0 aromatic heterocycles. The SMILES string of the molecule is ClC1=CC=CCC12C=C[C]=C1C2=C(C2c3ccccc3-c3ccccc32)c2ccccc21. The van der Waals surface area contributed by atoms with Crippen LogP contribution in [0.4, 0.5) is 0 Å². The van der Waals surface area contributed by atoms with E-state index in [2.05, 4.69) is 109 Å². The van der Waals surface area contributed by atoms with Crippen LogP contribution in [0.2, 0.25) is 0 Å². The Bertz CT molecular complexity index is 1410. The first-order chi connectivity index (χ1) is 15.8. The Morgan fingerprint density at radius 3 is 2.09 bits per heavy atom. The fourth-order valence-corrected chi connectivity index (χ4v) is 6.40. The van der Waals surface area contributed by atoms with E-state index in [0.717, 1.165) is 11.5 Å². The molecule has 4 aliphatic carbocycles. The molecule has 0 amide bonds. The summed E-state index contributed by atoms with van der Waals surface area (Å²) in [7, 11) is 0. The standard InChI is InChI=1S/C31H20Cl/c32-27-17-7-8-18-31(27)19-9-16-26-22-12-3-6-15-25(22)29(30(26)31)28-23-13-4-1-10-20(23)21-11-2-5-14-24(21)28/h1-15,17,19,28H,18H2. The van der Waals surface area contributed by atoms with Gasteiger partial charge in [-0.25, -0.2) is 0 Å². The zero-order valence-corrected chi connectivity index (χ0v) is 18.2. The Balaban J connectivity index is 1.60. The first-order valence-corrected chi connectivity index (χ1v) is 11.5. The third-order valence-corrected chi connectivity index (χ3v) is 7.88. The summed E-state index contributed by atoms with van der Waals surface area (Å²) in [4.78, 5) is 0. The Morgan fingerprint density at radius 1 is 0.781 bits per heavy atom. The van der Waals surface area contributed by atoms with Crippen molar-refractivity contribution in [3.63, 3.8) is 0 Å². The predicted octanol–water partition coefficient (Wildman–Crippen LogP) is 8.09. The molecule has 0 fully saturated rings. The van der Waals surface area contributed by atoms with Crippen molar-refractivity contribution >= 4 is 22.7 Å². The van der Waals surface area contributed by atoms with Gasteiger partial charge >= 0.3 is 0 Å². The molecule has 1 atom stereocenters. The van der Waals surface area contributed by atoms with Gasteiger partial charge in [0, 0.05) is 11.0 Å². The van der Waals surface area contributed by atoms with Crippen LogP contribution in [0, 0.1) is 11.5 Å². The molecule has 1 heteroatoms. The zero-order chi connectivity index (χ0) is 21.3. The summed E-state index contributed by atoms with van der Waals surface area (Å²) in [6.07, 6.45) is 15.2. The van der Waals surface area contributed by atoms with Crippen LogP contribution >= 0.6 is 11.6 Å². The minimum absolute atomic E-state index is 0.177. The van der Waals surface area contributed by atoms with E-state index < -0.39 is 0 Å². The van der Waals surface area contributed by atoms with Crippen molar-refractivity contribution in [3.8, 4) is 11.1 Å². The maximum absolute atomic E-state index is 7.02. The van der Waals surface area contributed by atoms with Crippen molar-refractivity contribution in [2.24, 2.45) is 5.41 Å². The van der Waals surface area contributed by atoms with Gasteiger partial charge in [0.15, 0.2) is 0 Å². The molecular formula is C31H20Cl. The maximum Gasteiger partial charge on any atom is 0.0536 e. The van der Waals surface area contributed by atoms with Crippen LogP contribution in [0.1, 0.15) is 34.6 Å². The molecule has 0 nitrogen and oxygen atoms in total. The average Bonchev–Trinajstić information content (AvgIpc) is 3.35. The van der Waals surface area contributed by atoms with E-state index >= 15 is 0 Å². The molecule has 151 valence electrons. The topological polar surface area (TPSA) is 0 Å². The molecular weight excluding hydrogens is 408 g/mol. The van der Waals surface area contributed by atoms with Crippen molar-refractivity contribution in [2.45, 2.75) is 12.3 Å². The number of rotatable bonds is 1. The van der Waals surface area contributed by atoms with Gasteiger partial charge in [-0.2, -0.15) is 0 Å². The van der Waals surface area contributed by atoms with Crippen molar-refractivity contribution in [1.29, 1.82) is 0 Å². The summed E-state index contributed by atoms with van der Waals surface area (Å²) in [5.41, 5.74) is 11.6. The average molecular weight is 428 g/mol. The van der Waals surface area contributed by atoms with E-state index in [4.69, 9.17) is 11.6 Å². The third-order valence-electron chi connectivity index (χ3n) is 7.41. The number of benzene rings is 3. The van der Waals surface area contributed by atoms with E-state index in [-0.39, 0.29) is 11.3 Å². The van der Waals surface area contributed by atoms with Gasteiger partial charge in [-0.05, 0) is 68.7 Å². The Morgan fingerprint density at radius 2 is 1.41 bits per heavy atom. The summed E-state index contributed by atoms with van der Waals surface area (Å²) < 4.78 is 0. The highest BCUT2D eigenvalue weighted by atomic mass is 35.5. The van der Waals surface area contributed by atoms with Crippen LogP contribution in [0.15, 0.2) is 114 Å². The van der Waals surface area contributed by atoms with Crippen molar-refractivity contribution in [1.82, 2.24) is 0 Å². The number of allylic oxidation sites excluding steroid dienone is 10. The number of fused-ring (bicyclic) bond motifs is 7. The third kappa shape index (κ3) is 2.23. The molecule has 0 saturated heterocycles. The highest BCUT2D eigenvalue weighted by Crippen LogP contribution is 2.63. The molecule has 3 aromatic rings. The molecule has 1 spiro atoms. The first kappa shape index (κ1) is 18.2. The minimum Gasteiger partial charge on any atom is -0.0878 e. The largest absolute Gasteiger partial charge is 0.0878 e. The van der Waals surface area contributed by atoms with Gasteiger partial charge in [0.25, 0.3) is 0 Å². The van der Waals surface area contributed by atoms with Gasteiger partial charge in [0.2, 0.25) is 0 Å². The molecule has 1 radical (unpaired) electrons. The second-order valence-electron chi connectivity index (χ2n) is 8.91. The molecule has 0 N–H and O–H groups in total. The van der Waals surface area contributed by atoms with Crippen molar-refractivity contribution in [2.75, 3.05) is 0 Å². The molecule has 0 aliphatic heterocycles. The summed E-state index contributed by atoms with van der Waals surface area (Å²) >= 11 is 7.02. The highest BCUT2D eigenvalue weighted by Gasteiger charge is 2.47. The van der Waals surface area contributed by atoms with Crippen molar-refractivity contribution in [3.05, 3.63) is 142 Å². The lowest BCUT2D eigenvalue weighted by molar-refractivity contribution is 0.592. The smallest absolute Gasteiger partial charge is 0.0536 e. The second-order valence-corrected chi connectivity index (χ2v) is 9.32. The van der Waals surface area contributed by atoms with Crippen LogP contribution < -0.4 is 0 Å². The van der Waals surface area contributed by atoms with Crippen LogP contribution in [-0.4, -0.2) is 0 Å². The number of hydrogen-bond acceptors (Lipinski definition) is 0. The molecule has 32 heavy (non-hydrogen) atoms. The van der Waals surface area contributed by atoms with Crippen molar-refractivity contribution < 1.29 is 0 Å². The lowest BCUT2D eigenvalue weighted by Crippen LogP contribution is -2.25. The molecule has 0 heterocycles. The Labute approximate surface area is 193 Å². The van der Waals surface area contributed by atoms with Crippen LogP contribution in [-0.2, 0) is 0 Å². The van der Waals surface area contributed by atoms with Gasteiger partial charge in [0.1, 0.15) is 0 Å². The lowest BCUT2D eigenvalue weighted by atomic mass is 9.67. The fraction of sp³-hybridized carbons (Fsp3) is 0.0968. The summed E-state index contributed by atoms with van der Waals surface area (Å²) in [6, 6.07) is 26.5. The molecule has 0 bridgehead atoms. The molecule has 3 aromatic carbocycles. The monoisotopic (exact) mass is 427 g/mol. The molecule has 4 aliphatic rings. The van der Waals surface area contributed by atoms with Crippen LogP contribution in [0.5, 0.6) is 0 Å². The van der Waals surface area contributed by atoms with E-state index in [1.54, 1.807) is 0 Å². The highest BCUT2D eigenvalue weighted by molar-refractivity contribution is 6.31. The van der Waals surface area contributed by atoms with Gasteiger partial charge in [-0.1, -0.05) is 109 Å². The fourth-order valence-electron chi connectivity index (χ4n) is 6.09. The predicted molar refractivity (Wildman–Crippen MR) is 133 cm³/mol. The zero-order valence-electron chi connectivity index (χ0n) is 17.5. The normalized spacial score (nSPS) is 22.4. The van der Waals surface area contributed by atoms with Gasteiger partial charge < -0.3 is 0 Å². The maximum atomic E-state index is 7.02. The van der Waals surface area contributed by atoms with Gasteiger partial charge in [-0.3, -0.25) is 0 Å². The van der Waals surface area contributed by atoms with Gasteiger partial charge in [-0.15, -0.1) is 0 Å². The molecule has 7 rings (SSSR count). The number of hydrogen-bond donors (Lipinski definition) is 0. The second kappa shape index (κ2) is 6.58. The molecule has 1 unspecified atom stereocenters. The number of halogens is 1. The summed E-state index contributed by atoms with van der Waals surface area (Å²) in [6.45, 7) is 0. The Hall–Kier alpha value is -3.35. The minimum atomic E-state index is -0.336. The summed E-state index contributed by atoms with van der Waals surface area (Å²) in [5.74, 6) is 0.177. The first-order valence-electron chi connectivity index (χ1n) is 11.2. The van der Waals surface area contributed by atoms with E-state index in [0.29, 0.717) is 0 Å². The van der Waals surface area contributed by atoms with E-state index in [1.165, 1.54) is 50.1 Å². The van der Waals surface area contributed by atoms with E-state index in [1.807, 2.05) is 0 Å². The lowest BCUT2D eigenvalue weighted by Gasteiger charge is -2.37. The van der Waals surface area contributed by atoms with Crippen LogP contribution in [0.25, 0.3) is 22.3 Å². The molecule has 0 saturated carbocycles. The van der Waals surface area contributed by atoms with Gasteiger partial charge in [0.05, 0.1) is 5.41 Å². The quantitative estimate of drug-likeness (QED) is 0.368. The van der Waals surface area contributed by atoms with E-state index in [9.17, 15) is 0 Å².